The molecular formula is C18H25ClN4O2. The highest BCUT2D eigenvalue weighted by Crippen LogP contribution is 2.09. The highest BCUT2D eigenvalue weighted by molar-refractivity contribution is 5.85. The molecule has 1 saturated heterocycles. The van der Waals surface area contributed by atoms with Gasteiger partial charge in [0.1, 0.15) is 5.82 Å². The number of rotatable bonds is 7. The van der Waals surface area contributed by atoms with E-state index in [4.69, 9.17) is 4.74 Å². The SMILES string of the molecule is CO[C@@H]1CN[C@@H](C(=O)NCCc2nccn2Cc2ccccc2)C1.Cl. The third-order valence-electron chi connectivity index (χ3n) is 4.39. The lowest BCUT2D eigenvalue weighted by Gasteiger charge is -2.12. The number of carbonyl (C=O) groups is 1. The fourth-order valence-electron chi connectivity index (χ4n) is 3.00. The van der Waals surface area contributed by atoms with E-state index in [2.05, 4.69) is 32.3 Å². The number of benzene rings is 1. The van der Waals surface area contributed by atoms with Crippen molar-refractivity contribution in [2.24, 2.45) is 0 Å². The third kappa shape index (κ3) is 5.29. The first-order valence-electron chi connectivity index (χ1n) is 8.34. The Morgan fingerprint density at radius 1 is 1.40 bits per heavy atom. The number of nitrogens with one attached hydrogen (secondary N) is 2. The normalized spacial score (nSPS) is 19.4. The van der Waals surface area contributed by atoms with Crippen LogP contribution >= 0.6 is 12.4 Å². The zero-order valence-corrected chi connectivity index (χ0v) is 15.2. The summed E-state index contributed by atoms with van der Waals surface area (Å²) in [7, 11) is 1.68. The molecule has 0 aliphatic carbocycles. The Bertz CT molecular complexity index is 662. The number of nitrogens with zero attached hydrogens (tertiary/aromatic N) is 2. The maximum Gasteiger partial charge on any atom is 0.237 e. The molecule has 6 nitrogen and oxygen atoms in total. The fourth-order valence-corrected chi connectivity index (χ4v) is 3.00. The van der Waals surface area contributed by atoms with Gasteiger partial charge in [0.05, 0.1) is 12.1 Å². The van der Waals surface area contributed by atoms with Gasteiger partial charge in [0.2, 0.25) is 5.91 Å². The maximum absolute atomic E-state index is 12.2. The van der Waals surface area contributed by atoms with Gasteiger partial charge in [-0.25, -0.2) is 4.98 Å². The number of methoxy groups -OCH3 is 1. The number of halogens is 1. The van der Waals surface area contributed by atoms with E-state index < -0.39 is 0 Å². The van der Waals surface area contributed by atoms with Crippen molar-refractivity contribution < 1.29 is 9.53 Å². The minimum absolute atomic E-state index is 0. The Morgan fingerprint density at radius 2 is 2.20 bits per heavy atom. The van der Waals surface area contributed by atoms with Gasteiger partial charge in [-0.1, -0.05) is 30.3 Å². The molecule has 1 aromatic carbocycles. The minimum atomic E-state index is -0.154. The summed E-state index contributed by atoms with van der Waals surface area (Å²) in [5.41, 5.74) is 1.24. The van der Waals surface area contributed by atoms with Crippen LogP contribution in [-0.2, 0) is 22.5 Å². The van der Waals surface area contributed by atoms with E-state index in [0.29, 0.717) is 13.0 Å². The van der Waals surface area contributed by atoms with E-state index >= 15 is 0 Å². The second-order valence-corrected chi connectivity index (χ2v) is 6.05. The molecule has 2 heterocycles. The van der Waals surface area contributed by atoms with Crippen molar-refractivity contribution in [3.8, 4) is 0 Å². The monoisotopic (exact) mass is 364 g/mol. The Morgan fingerprint density at radius 3 is 2.92 bits per heavy atom. The smallest absolute Gasteiger partial charge is 0.237 e. The van der Waals surface area contributed by atoms with Crippen molar-refractivity contribution in [1.82, 2.24) is 20.2 Å². The summed E-state index contributed by atoms with van der Waals surface area (Å²) in [4.78, 5) is 16.6. The molecule has 7 heteroatoms. The van der Waals surface area contributed by atoms with Crippen LogP contribution in [0.3, 0.4) is 0 Å². The average Bonchev–Trinajstić information content (AvgIpc) is 3.25. The van der Waals surface area contributed by atoms with Gasteiger partial charge in [-0.3, -0.25) is 4.79 Å². The topological polar surface area (TPSA) is 68.2 Å². The van der Waals surface area contributed by atoms with Crippen LogP contribution in [-0.4, -0.2) is 47.8 Å². The van der Waals surface area contributed by atoms with Crippen LogP contribution in [0.2, 0.25) is 0 Å². The summed E-state index contributed by atoms with van der Waals surface area (Å²) in [6, 6.07) is 10.1. The average molecular weight is 365 g/mol. The first-order valence-corrected chi connectivity index (χ1v) is 8.34. The lowest BCUT2D eigenvalue weighted by atomic mass is 10.2. The molecule has 1 aromatic heterocycles. The predicted molar refractivity (Wildman–Crippen MR) is 98.9 cm³/mol. The molecule has 2 aromatic rings. The zero-order valence-electron chi connectivity index (χ0n) is 14.4. The van der Waals surface area contributed by atoms with Gasteiger partial charge in [-0.05, 0) is 12.0 Å². The lowest BCUT2D eigenvalue weighted by molar-refractivity contribution is -0.122. The Balaban J connectivity index is 0.00000225. The third-order valence-corrected chi connectivity index (χ3v) is 4.39. The standard InChI is InChI=1S/C18H24N4O2.ClH/c1-24-15-11-16(21-12-15)18(23)20-8-7-17-19-9-10-22(17)13-14-5-3-2-4-6-14;/h2-6,9-10,15-16,21H,7-8,11-13H2,1H3,(H,20,23);1H/t15-,16+;/m0./s1. The number of carbonyl (C=O) groups excluding carboxylic acids is 1. The van der Waals surface area contributed by atoms with Crippen LogP contribution in [0, 0.1) is 0 Å². The highest BCUT2D eigenvalue weighted by atomic mass is 35.5. The molecule has 2 atom stereocenters. The molecule has 1 amide bonds. The lowest BCUT2D eigenvalue weighted by Crippen LogP contribution is -2.41. The van der Waals surface area contributed by atoms with Crippen molar-refractivity contribution >= 4 is 18.3 Å². The summed E-state index contributed by atoms with van der Waals surface area (Å²) in [6.45, 7) is 2.11. The largest absolute Gasteiger partial charge is 0.380 e. The van der Waals surface area contributed by atoms with Crippen LogP contribution in [0.4, 0.5) is 0 Å². The van der Waals surface area contributed by atoms with Crippen LogP contribution in [0.25, 0.3) is 0 Å². The van der Waals surface area contributed by atoms with E-state index in [-0.39, 0.29) is 30.5 Å². The van der Waals surface area contributed by atoms with Gasteiger partial charge >= 0.3 is 0 Å². The zero-order chi connectivity index (χ0) is 16.8. The molecule has 25 heavy (non-hydrogen) atoms. The van der Waals surface area contributed by atoms with Gasteiger partial charge in [0, 0.05) is 45.6 Å². The van der Waals surface area contributed by atoms with Crippen molar-refractivity contribution in [3.63, 3.8) is 0 Å². The number of amides is 1. The Labute approximate surface area is 154 Å². The van der Waals surface area contributed by atoms with Gasteiger partial charge < -0.3 is 19.9 Å². The summed E-state index contributed by atoms with van der Waals surface area (Å²) in [5, 5.41) is 6.18. The first-order chi connectivity index (χ1) is 11.8. The molecule has 0 bridgehead atoms. The maximum atomic E-state index is 12.2. The minimum Gasteiger partial charge on any atom is -0.380 e. The van der Waals surface area contributed by atoms with E-state index in [1.807, 2.05) is 30.6 Å². The Hall–Kier alpha value is -1.89. The molecular weight excluding hydrogens is 340 g/mol. The molecule has 1 fully saturated rings. The van der Waals surface area contributed by atoms with Gasteiger partial charge in [0.15, 0.2) is 0 Å². The molecule has 1 aliphatic heterocycles. The van der Waals surface area contributed by atoms with Crippen molar-refractivity contribution in [2.75, 3.05) is 20.2 Å². The number of hydrogen-bond donors (Lipinski definition) is 2. The first kappa shape index (κ1) is 19.4. The number of imidazole rings is 1. The quantitative estimate of drug-likeness (QED) is 0.779. The Kier molecular flexibility index (Phi) is 7.43. The molecule has 2 N–H and O–H groups in total. The van der Waals surface area contributed by atoms with E-state index in [9.17, 15) is 4.79 Å². The van der Waals surface area contributed by atoms with Gasteiger partial charge in [-0.2, -0.15) is 0 Å². The number of aromatic nitrogens is 2. The van der Waals surface area contributed by atoms with E-state index in [0.717, 1.165) is 25.3 Å². The van der Waals surface area contributed by atoms with E-state index in [1.54, 1.807) is 7.11 Å². The summed E-state index contributed by atoms with van der Waals surface area (Å²) in [5.74, 6) is 1.02. The van der Waals surface area contributed by atoms with Gasteiger partial charge in [0.25, 0.3) is 0 Å². The van der Waals surface area contributed by atoms with Crippen LogP contribution in [0.15, 0.2) is 42.7 Å². The molecule has 1 aliphatic rings. The second-order valence-electron chi connectivity index (χ2n) is 6.05. The summed E-state index contributed by atoms with van der Waals surface area (Å²) >= 11 is 0. The molecule has 0 spiro atoms. The number of ether oxygens (including phenoxy) is 1. The number of hydrogen-bond acceptors (Lipinski definition) is 4. The van der Waals surface area contributed by atoms with Crippen molar-refractivity contribution in [3.05, 3.63) is 54.1 Å². The summed E-state index contributed by atoms with van der Waals surface area (Å²) in [6.07, 6.45) is 5.36. The van der Waals surface area contributed by atoms with Crippen LogP contribution in [0.5, 0.6) is 0 Å². The summed E-state index contributed by atoms with van der Waals surface area (Å²) < 4.78 is 7.39. The molecule has 136 valence electrons. The highest BCUT2D eigenvalue weighted by Gasteiger charge is 2.28. The van der Waals surface area contributed by atoms with Gasteiger partial charge in [-0.15, -0.1) is 12.4 Å². The van der Waals surface area contributed by atoms with E-state index in [1.165, 1.54) is 5.56 Å². The van der Waals surface area contributed by atoms with Crippen LogP contribution < -0.4 is 10.6 Å². The van der Waals surface area contributed by atoms with Crippen molar-refractivity contribution in [2.45, 2.75) is 31.5 Å². The fraction of sp³-hybridized carbons (Fsp3) is 0.444. The van der Waals surface area contributed by atoms with Crippen LogP contribution in [0.1, 0.15) is 17.8 Å². The molecule has 3 rings (SSSR count). The molecule has 0 radical (unpaired) electrons. The predicted octanol–water partition coefficient (Wildman–Crippen LogP) is 1.39. The van der Waals surface area contributed by atoms with Crippen molar-refractivity contribution in [1.29, 1.82) is 0 Å². The second kappa shape index (κ2) is 9.56. The molecule has 0 unspecified atom stereocenters. The molecule has 0 saturated carbocycles.